The second-order valence-electron chi connectivity index (χ2n) is 4.21. The van der Waals surface area contributed by atoms with Crippen LogP contribution in [0.15, 0.2) is 0 Å². The normalized spacial score (nSPS) is 43.3. The summed E-state index contributed by atoms with van der Waals surface area (Å²) in [5, 5.41) is 0. The third-order valence-corrected chi connectivity index (χ3v) is 3.44. The molecule has 1 aliphatic carbocycles. The van der Waals surface area contributed by atoms with E-state index in [1.807, 2.05) is 11.9 Å². The molecule has 0 N–H and O–H groups in total. The van der Waals surface area contributed by atoms with E-state index in [1.54, 1.807) is 0 Å². The third kappa shape index (κ3) is 0.815. The van der Waals surface area contributed by atoms with Crippen LogP contribution in [0.25, 0.3) is 0 Å². The molecule has 0 spiro atoms. The quantitative estimate of drug-likeness (QED) is 0.515. The summed E-state index contributed by atoms with van der Waals surface area (Å²) >= 11 is 0. The van der Waals surface area contributed by atoms with Crippen LogP contribution < -0.4 is 0 Å². The molecule has 1 saturated carbocycles. The molecule has 0 radical (unpaired) electrons. The van der Waals surface area contributed by atoms with Gasteiger partial charge in [0.2, 0.25) is 5.91 Å². The Morgan fingerprint density at radius 1 is 1.45 bits per heavy atom. The van der Waals surface area contributed by atoms with Crippen LogP contribution in [0.1, 0.15) is 32.6 Å². The van der Waals surface area contributed by atoms with Gasteiger partial charge in [-0.05, 0) is 25.7 Å². The van der Waals surface area contributed by atoms with Crippen LogP contribution in [0.3, 0.4) is 0 Å². The van der Waals surface area contributed by atoms with Crippen molar-refractivity contribution in [1.29, 1.82) is 0 Å². The molecule has 0 atom stereocenters. The molecule has 2 heterocycles. The lowest BCUT2D eigenvalue weighted by Gasteiger charge is -2.48. The largest absolute Gasteiger partial charge is 0.342 e. The summed E-state index contributed by atoms with van der Waals surface area (Å²) in [4.78, 5) is 13.6. The van der Waals surface area contributed by atoms with E-state index < -0.39 is 0 Å². The van der Waals surface area contributed by atoms with Gasteiger partial charge < -0.3 is 4.90 Å². The number of hydrogen-bond donors (Lipinski definition) is 0. The maximum Gasteiger partial charge on any atom is 0.228 e. The van der Waals surface area contributed by atoms with Crippen molar-refractivity contribution in [3.63, 3.8) is 0 Å². The summed E-state index contributed by atoms with van der Waals surface area (Å²) < 4.78 is 0. The summed E-state index contributed by atoms with van der Waals surface area (Å²) in [6.45, 7) is 2.11. The minimum Gasteiger partial charge on any atom is -0.342 e. The molecule has 2 nitrogen and oxygen atoms in total. The Bertz CT molecular complexity index is 192. The zero-order valence-electron chi connectivity index (χ0n) is 7.26. The van der Waals surface area contributed by atoms with Crippen LogP contribution >= 0.6 is 0 Å². The van der Waals surface area contributed by atoms with Crippen molar-refractivity contribution in [2.24, 2.45) is 5.41 Å². The molecule has 3 rings (SSSR count). The minimum atomic E-state index is 0.00347. The third-order valence-electron chi connectivity index (χ3n) is 3.44. The van der Waals surface area contributed by atoms with Crippen LogP contribution in [0.2, 0.25) is 0 Å². The van der Waals surface area contributed by atoms with Gasteiger partial charge in [-0.25, -0.2) is 0 Å². The van der Waals surface area contributed by atoms with Crippen molar-refractivity contribution in [1.82, 2.24) is 4.90 Å². The Morgan fingerprint density at radius 2 is 2.00 bits per heavy atom. The van der Waals surface area contributed by atoms with Gasteiger partial charge in [-0.2, -0.15) is 0 Å². The molecule has 0 aromatic rings. The molecule has 0 aromatic carbocycles. The van der Waals surface area contributed by atoms with E-state index >= 15 is 0 Å². The van der Waals surface area contributed by atoms with Gasteiger partial charge in [0.15, 0.2) is 0 Å². The number of fused-ring (bicyclic) bond motifs is 3. The maximum absolute atomic E-state index is 11.6. The van der Waals surface area contributed by atoms with Crippen molar-refractivity contribution < 1.29 is 4.79 Å². The second-order valence-corrected chi connectivity index (χ2v) is 4.21. The monoisotopic (exact) mass is 153 g/mol. The van der Waals surface area contributed by atoms with E-state index in [2.05, 4.69) is 6.92 Å². The molecule has 11 heavy (non-hydrogen) atoms. The molecule has 2 saturated heterocycles. The molecule has 3 aliphatic rings. The fourth-order valence-electron chi connectivity index (χ4n) is 2.43. The lowest BCUT2D eigenvalue weighted by atomic mass is 9.68. The Morgan fingerprint density at radius 3 is 2.36 bits per heavy atom. The van der Waals surface area contributed by atoms with E-state index in [9.17, 15) is 4.79 Å². The van der Waals surface area contributed by atoms with Crippen molar-refractivity contribution in [3.8, 4) is 0 Å². The van der Waals surface area contributed by atoms with E-state index in [4.69, 9.17) is 0 Å². The maximum atomic E-state index is 11.6. The highest BCUT2D eigenvalue weighted by molar-refractivity contribution is 5.84. The summed E-state index contributed by atoms with van der Waals surface area (Å²) in [7, 11) is 1.95. The van der Waals surface area contributed by atoms with E-state index in [0.717, 1.165) is 12.8 Å². The molecule has 0 unspecified atom stereocenters. The first-order chi connectivity index (χ1) is 5.13. The molecular formula is C9H15NO. The van der Waals surface area contributed by atoms with Gasteiger partial charge in [-0.3, -0.25) is 4.79 Å². The Labute approximate surface area is 67.6 Å². The van der Waals surface area contributed by atoms with Crippen molar-refractivity contribution >= 4 is 5.91 Å². The number of rotatable bonds is 0. The molecule has 2 bridgehead atoms. The van der Waals surface area contributed by atoms with Crippen molar-refractivity contribution in [2.75, 3.05) is 7.05 Å². The Kier molecular flexibility index (Phi) is 1.29. The van der Waals surface area contributed by atoms with E-state index in [-0.39, 0.29) is 5.41 Å². The lowest BCUT2D eigenvalue weighted by molar-refractivity contribution is -0.153. The van der Waals surface area contributed by atoms with Gasteiger partial charge in [-0.15, -0.1) is 0 Å². The second kappa shape index (κ2) is 1.99. The molecule has 0 aromatic heterocycles. The topological polar surface area (TPSA) is 20.3 Å². The van der Waals surface area contributed by atoms with Gasteiger partial charge in [0.05, 0.1) is 0 Å². The first kappa shape index (κ1) is 7.14. The van der Waals surface area contributed by atoms with Crippen LogP contribution in [0, 0.1) is 5.41 Å². The van der Waals surface area contributed by atoms with Crippen LogP contribution in [-0.4, -0.2) is 23.9 Å². The van der Waals surface area contributed by atoms with Gasteiger partial charge in [-0.1, -0.05) is 6.92 Å². The molecule has 2 aliphatic heterocycles. The van der Waals surface area contributed by atoms with Gasteiger partial charge in [0.1, 0.15) is 0 Å². The molecule has 62 valence electrons. The van der Waals surface area contributed by atoms with Crippen molar-refractivity contribution in [3.05, 3.63) is 0 Å². The fourth-order valence-corrected chi connectivity index (χ4v) is 2.43. The standard InChI is InChI=1S/C9H15NO/c1-9-5-3-7(4-6-9)10(2)8(9)11/h7H,3-6H2,1-2H3. The molecule has 2 heteroatoms. The Hall–Kier alpha value is -0.530. The molecular weight excluding hydrogens is 138 g/mol. The summed E-state index contributed by atoms with van der Waals surface area (Å²) in [5.41, 5.74) is 0.00347. The average molecular weight is 153 g/mol. The van der Waals surface area contributed by atoms with Gasteiger partial charge in [0, 0.05) is 18.5 Å². The zero-order valence-corrected chi connectivity index (χ0v) is 7.26. The van der Waals surface area contributed by atoms with Crippen LogP contribution in [0.4, 0.5) is 0 Å². The highest BCUT2D eigenvalue weighted by Gasteiger charge is 2.46. The summed E-state index contributed by atoms with van der Waals surface area (Å²) in [6.07, 6.45) is 4.67. The predicted molar refractivity (Wildman–Crippen MR) is 43.1 cm³/mol. The SMILES string of the molecule is CN1C(=O)C2(C)CCC1CC2. The van der Waals surface area contributed by atoms with Gasteiger partial charge >= 0.3 is 0 Å². The molecule has 1 amide bonds. The average Bonchev–Trinajstić information content (AvgIpc) is 2.01. The highest BCUT2D eigenvalue weighted by atomic mass is 16.2. The number of carbonyl (C=O) groups is 1. The summed E-state index contributed by atoms with van der Waals surface area (Å²) in [5.74, 6) is 0.375. The van der Waals surface area contributed by atoms with Gasteiger partial charge in [0.25, 0.3) is 0 Å². The van der Waals surface area contributed by atoms with E-state index in [1.165, 1.54) is 12.8 Å². The minimum absolute atomic E-state index is 0.00347. The van der Waals surface area contributed by atoms with Crippen LogP contribution in [-0.2, 0) is 4.79 Å². The Balaban J connectivity index is 2.30. The van der Waals surface area contributed by atoms with Crippen LogP contribution in [0.5, 0.6) is 0 Å². The zero-order chi connectivity index (χ0) is 8.06. The smallest absolute Gasteiger partial charge is 0.228 e. The number of amides is 1. The number of nitrogens with zero attached hydrogens (tertiary/aromatic N) is 1. The van der Waals surface area contributed by atoms with E-state index in [0.29, 0.717) is 11.9 Å². The number of hydrogen-bond acceptors (Lipinski definition) is 1. The fraction of sp³-hybridized carbons (Fsp3) is 0.889. The lowest BCUT2D eigenvalue weighted by Crippen LogP contribution is -2.55. The molecule has 3 fully saturated rings. The summed E-state index contributed by atoms with van der Waals surface area (Å²) in [6, 6.07) is 0.560. The highest BCUT2D eigenvalue weighted by Crippen LogP contribution is 2.44. The number of carbonyl (C=O) groups excluding carboxylic acids is 1. The van der Waals surface area contributed by atoms with Crippen molar-refractivity contribution in [2.45, 2.75) is 38.6 Å². The first-order valence-corrected chi connectivity index (χ1v) is 4.41. The first-order valence-electron chi connectivity index (χ1n) is 4.41. The number of piperidine rings is 2. The predicted octanol–water partition coefficient (Wildman–Crippen LogP) is 1.41.